The second kappa shape index (κ2) is 4.92. The Hall–Kier alpha value is -2.28. The molecule has 92 valence electrons. The van der Waals surface area contributed by atoms with E-state index in [9.17, 15) is 4.79 Å². The summed E-state index contributed by atoms with van der Waals surface area (Å²) in [5.74, 6) is 1.26. The van der Waals surface area contributed by atoms with Crippen LogP contribution in [0.4, 0.5) is 0 Å². The van der Waals surface area contributed by atoms with Gasteiger partial charge in [-0.1, -0.05) is 0 Å². The smallest absolute Gasteiger partial charge is 0.173 e. The lowest BCUT2D eigenvalue weighted by Crippen LogP contribution is -2.00. The fourth-order valence-electron chi connectivity index (χ4n) is 2.05. The molecule has 0 saturated carbocycles. The maximum Gasteiger partial charge on any atom is 0.173 e. The van der Waals surface area contributed by atoms with Gasteiger partial charge in [0.2, 0.25) is 0 Å². The monoisotopic (exact) mass is 243 g/mol. The third kappa shape index (κ3) is 2.07. The van der Waals surface area contributed by atoms with Crippen LogP contribution in [0.3, 0.4) is 0 Å². The van der Waals surface area contributed by atoms with Gasteiger partial charge in [-0.15, -0.1) is 0 Å². The van der Waals surface area contributed by atoms with Crippen LogP contribution >= 0.6 is 0 Å². The van der Waals surface area contributed by atoms with Crippen LogP contribution < -0.4 is 9.47 Å². The minimum absolute atomic E-state index is 0.0841. The average molecular weight is 243 g/mol. The van der Waals surface area contributed by atoms with Gasteiger partial charge in [0.1, 0.15) is 11.5 Å². The number of allylic oxidation sites excluding steroid dienone is 1. The number of hydrogen-bond acceptors (Lipinski definition) is 4. The number of carbonyl (C=O) groups excluding carboxylic acids is 1. The van der Waals surface area contributed by atoms with E-state index in [4.69, 9.17) is 14.7 Å². The van der Waals surface area contributed by atoms with Gasteiger partial charge in [-0.05, 0) is 17.7 Å². The molecule has 0 N–H and O–H groups in total. The first-order chi connectivity index (χ1) is 8.69. The van der Waals surface area contributed by atoms with Gasteiger partial charge in [-0.25, -0.2) is 0 Å². The lowest BCUT2D eigenvalue weighted by molar-refractivity contribution is -0.114. The second-order valence-corrected chi connectivity index (χ2v) is 4.01. The maximum atomic E-state index is 11.7. The Morgan fingerprint density at radius 2 is 2.17 bits per heavy atom. The van der Waals surface area contributed by atoms with Gasteiger partial charge in [0, 0.05) is 23.6 Å². The third-order valence-electron chi connectivity index (χ3n) is 2.95. The summed E-state index contributed by atoms with van der Waals surface area (Å²) in [4.78, 5) is 11.7. The molecule has 0 atom stereocenters. The Morgan fingerprint density at radius 1 is 1.39 bits per heavy atom. The number of methoxy groups -OCH3 is 2. The number of nitriles is 1. The lowest BCUT2D eigenvalue weighted by atomic mass is 10.1. The molecule has 1 aliphatic rings. The molecule has 4 heteroatoms. The number of benzene rings is 1. The van der Waals surface area contributed by atoms with Crippen molar-refractivity contribution in [3.63, 3.8) is 0 Å². The Morgan fingerprint density at radius 3 is 2.78 bits per heavy atom. The third-order valence-corrected chi connectivity index (χ3v) is 2.95. The molecule has 0 aliphatic heterocycles. The van der Waals surface area contributed by atoms with E-state index < -0.39 is 0 Å². The first-order valence-corrected chi connectivity index (χ1v) is 5.55. The molecule has 4 nitrogen and oxygen atoms in total. The van der Waals surface area contributed by atoms with Crippen LogP contribution in [0.5, 0.6) is 11.5 Å². The summed E-state index contributed by atoms with van der Waals surface area (Å²) in [6, 6.07) is 5.55. The summed E-state index contributed by atoms with van der Waals surface area (Å²) in [5.41, 5.74) is 2.55. The highest BCUT2D eigenvalue weighted by Crippen LogP contribution is 2.36. The quantitative estimate of drug-likeness (QED) is 0.812. The highest BCUT2D eigenvalue weighted by atomic mass is 16.5. The van der Waals surface area contributed by atoms with E-state index in [0.717, 1.165) is 11.1 Å². The second-order valence-electron chi connectivity index (χ2n) is 4.01. The summed E-state index contributed by atoms with van der Waals surface area (Å²) >= 11 is 0. The molecule has 0 saturated heterocycles. The van der Waals surface area contributed by atoms with Crippen molar-refractivity contribution in [2.24, 2.45) is 0 Å². The van der Waals surface area contributed by atoms with Gasteiger partial charge in [-0.2, -0.15) is 5.26 Å². The fourth-order valence-corrected chi connectivity index (χ4v) is 2.05. The summed E-state index contributed by atoms with van der Waals surface area (Å²) in [5, 5.41) is 8.55. The van der Waals surface area contributed by atoms with Crippen LogP contribution in [0.25, 0.3) is 6.08 Å². The van der Waals surface area contributed by atoms with Gasteiger partial charge in [0.05, 0.1) is 26.7 Å². The highest BCUT2D eigenvalue weighted by Gasteiger charge is 2.22. The van der Waals surface area contributed by atoms with Crippen molar-refractivity contribution in [3.8, 4) is 17.6 Å². The molecule has 1 aromatic rings. The molecule has 1 aliphatic carbocycles. The maximum absolute atomic E-state index is 11.7. The number of Topliss-reactive ketones (excluding diaryl/α,β-unsaturated/α-hetero) is 1. The van der Waals surface area contributed by atoms with Gasteiger partial charge in [0.25, 0.3) is 0 Å². The average Bonchev–Trinajstić information content (AvgIpc) is 2.81. The molecular weight excluding hydrogens is 230 g/mol. The van der Waals surface area contributed by atoms with E-state index in [-0.39, 0.29) is 12.2 Å². The number of rotatable bonds is 4. The van der Waals surface area contributed by atoms with Crippen molar-refractivity contribution in [2.45, 2.75) is 12.8 Å². The molecule has 18 heavy (non-hydrogen) atoms. The number of carbonyl (C=O) groups is 1. The van der Waals surface area contributed by atoms with Gasteiger partial charge < -0.3 is 9.47 Å². The normalized spacial score (nSPS) is 12.4. The SMILES string of the molecule is COc1cc2c(c(OC)c1)C=C(C(=O)CC#N)C2. The van der Waals surface area contributed by atoms with Crippen LogP contribution in [0.1, 0.15) is 17.5 Å². The Labute approximate surface area is 105 Å². The van der Waals surface area contributed by atoms with E-state index in [1.165, 1.54) is 0 Å². The van der Waals surface area contributed by atoms with Gasteiger partial charge in [-0.3, -0.25) is 4.79 Å². The summed E-state index contributed by atoms with van der Waals surface area (Å²) < 4.78 is 10.5. The van der Waals surface area contributed by atoms with E-state index in [1.54, 1.807) is 26.4 Å². The van der Waals surface area contributed by atoms with Gasteiger partial charge >= 0.3 is 0 Å². The minimum Gasteiger partial charge on any atom is -0.497 e. The fraction of sp³-hybridized carbons (Fsp3) is 0.286. The molecule has 0 heterocycles. The predicted molar refractivity (Wildman–Crippen MR) is 66.5 cm³/mol. The van der Waals surface area contributed by atoms with Crippen LogP contribution in [-0.4, -0.2) is 20.0 Å². The Bertz CT molecular complexity index is 567. The number of ketones is 1. The van der Waals surface area contributed by atoms with Crippen LogP contribution in [-0.2, 0) is 11.2 Å². The standard InChI is InChI=1S/C14H13NO3/c1-17-11-6-9-5-10(13(16)3-4-15)7-12(9)14(8-11)18-2/h6-8H,3,5H2,1-2H3. The zero-order valence-electron chi connectivity index (χ0n) is 10.3. The molecule has 0 aromatic heterocycles. The van der Waals surface area contributed by atoms with E-state index in [2.05, 4.69) is 0 Å². The van der Waals surface area contributed by atoms with Crippen LogP contribution in [0, 0.1) is 11.3 Å². The highest BCUT2D eigenvalue weighted by molar-refractivity contribution is 6.03. The first kappa shape index (κ1) is 12.2. The van der Waals surface area contributed by atoms with E-state index in [0.29, 0.717) is 23.5 Å². The molecule has 0 spiro atoms. The summed E-state index contributed by atoms with van der Waals surface area (Å²) in [6.07, 6.45) is 2.25. The Kier molecular flexibility index (Phi) is 3.33. The largest absolute Gasteiger partial charge is 0.497 e. The van der Waals surface area contributed by atoms with E-state index >= 15 is 0 Å². The first-order valence-electron chi connectivity index (χ1n) is 5.55. The molecule has 0 amide bonds. The number of hydrogen-bond donors (Lipinski definition) is 0. The topological polar surface area (TPSA) is 59.3 Å². The van der Waals surface area contributed by atoms with Crippen molar-refractivity contribution < 1.29 is 14.3 Å². The lowest BCUT2D eigenvalue weighted by Gasteiger charge is -2.09. The molecule has 0 fully saturated rings. The molecule has 1 aromatic carbocycles. The molecular formula is C14H13NO3. The number of ether oxygens (including phenoxy) is 2. The molecule has 2 rings (SSSR count). The minimum atomic E-state index is -0.130. The number of nitrogens with zero attached hydrogens (tertiary/aromatic N) is 1. The van der Waals surface area contributed by atoms with Crippen molar-refractivity contribution >= 4 is 11.9 Å². The van der Waals surface area contributed by atoms with Crippen LogP contribution in [0.2, 0.25) is 0 Å². The summed E-state index contributed by atoms with van der Waals surface area (Å²) in [7, 11) is 3.17. The van der Waals surface area contributed by atoms with Crippen molar-refractivity contribution in [1.82, 2.24) is 0 Å². The summed E-state index contributed by atoms with van der Waals surface area (Å²) in [6.45, 7) is 0. The predicted octanol–water partition coefficient (Wildman–Crippen LogP) is 2.13. The molecule has 0 radical (unpaired) electrons. The molecule has 0 bridgehead atoms. The Balaban J connectivity index is 2.38. The molecule has 0 unspecified atom stereocenters. The zero-order chi connectivity index (χ0) is 13.1. The van der Waals surface area contributed by atoms with Gasteiger partial charge in [0.15, 0.2) is 5.78 Å². The van der Waals surface area contributed by atoms with Crippen molar-refractivity contribution in [3.05, 3.63) is 28.8 Å². The van der Waals surface area contributed by atoms with Crippen molar-refractivity contribution in [1.29, 1.82) is 5.26 Å². The zero-order valence-corrected chi connectivity index (χ0v) is 10.3. The van der Waals surface area contributed by atoms with Crippen LogP contribution in [0.15, 0.2) is 17.7 Å². The van der Waals surface area contributed by atoms with E-state index in [1.807, 2.05) is 12.1 Å². The number of fused-ring (bicyclic) bond motifs is 1. The van der Waals surface area contributed by atoms with Crippen molar-refractivity contribution in [2.75, 3.05) is 14.2 Å².